The lowest BCUT2D eigenvalue weighted by atomic mass is 9.92. The summed E-state index contributed by atoms with van der Waals surface area (Å²) in [5, 5.41) is 0.354. The SMILES string of the molecule is CCCC1CCN(c2ncc(Cl)cc2F)CC1. The van der Waals surface area contributed by atoms with Crippen LogP contribution in [0.25, 0.3) is 0 Å². The number of nitrogens with zero attached hydrogens (tertiary/aromatic N) is 2. The monoisotopic (exact) mass is 256 g/mol. The van der Waals surface area contributed by atoms with E-state index >= 15 is 0 Å². The number of hydrogen-bond acceptors (Lipinski definition) is 2. The third-order valence-electron chi connectivity index (χ3n) is 3.40. The molecule has 17 heavy (non-hydrogen) atoms. The lowest BCUT2D eigenvalue weighted by molar-refractivity contribution is 0.375. The molecule has 1 fully saturated rings. The van der Waals surface area contributed by atoms with Gasteiger partial charge in [0.25, 0.3) is 0 Å². The van der Waals surface area contributed by atoms with Crippen LogP contribution < -0.4 is 4.90 Å². The summed E-state index contributed by atoms with van der Waals surface area (Å²) < 4.78 is 13.7. The smallest absolute Gasteiger partial charge is 0.167 e. The quantitative estimate of drug-likeness (QED) is 0.816. The van der Waals surface area contributed by atoms with Gasteiger partial charge in [0.1, 0.15) is 0 Å². The van der Waals surface area contributed by atoms with Crippen molar-refractivity contribution in [3.63, 3.8) is 0 Å². The Bertz CT molecular complexity index is 376. The maximum absolute atomic E-state index is 13.7. The molecule has 0 saturated carbocycles. The van der Waals surface area contributed by atoms with Gasteiger partial charge < -0.3 is 4.90 Å². The molecule has 1 saturated heterocycles. The Morgan fingerprint density at radius 3 is 2.76 bits per heavy atom. The third kappa shape index (κ3) is 3.09. The lowest BCUT2D eigenvalue weighted by Crippen LogP contribution is -2.34. The minimum atomic E-state index is -0.313. The zero-order chi connectivity index (χ0) is 12.3. The fourth-order valence-electron chi connectivity index (χ4n) is 2.48. The van der Waals surface area contributed by atoms with Crippen molar-refractivity contribution < 1.29 is 4.39 Å². The fourth-order valence-corrected chi connectivity index (χ4v) is 2.63. The first-order chi connectivity index (χ1) is 8.20. The zero-order valence-electron chi connectivity index (χ0n) is 10.1. The average molecular weight is 257 g/mol. The van der Waals surface area contributed by atoms with E-state index in [1.54, 1.807) is 0 Å². The predicted molar refractivity (Wildman–Crippen MR) is 69.1 cm³/mol. The second kappa shape index (κ2) is 5.67. The Hall–Kier alpha value is -0.830. The van der Waals surface area contributed by atoms with Gasteiger partial charge in [-0.2, -0.15) is 0 Å². The highest BCUT2D eigenvalue weighted by Crippen LogP contribution is 2.27. The van der Waals surface area contributed by atoms with Crippen molar-refractivity contribution in [2.75, 3.05) is 18.0 Å². The van der Waals surface area contributed by atoms with Gasteiger partial charge in [0.05, 0.1) is 5.02 Å². The van der Waals surface area contributed by atoms with Gasteiger partial charge in [0.15, 0.2) is 11.6 Å². The number of hydrogen-bond donors (Lipinski definition) is 0. The number of halogens is 2. The summed E-state index contributed by atoms with van der Waals surface area (Å²) in [5.41, 5.74) is 0. The first kappa shape index (κ1) is 12.6. The Labute approximate surface area is 107 Å². The van der Waals surface area contributed by atoms with Crippen LogP contribution in [0, 0.1) is 11.7 Å². The third-order valence-corrected chi connectivity index (χ3v) is 3.61. The van der Waals surface area contributed by atoms with Crippen molar-refractivity contribution in [2.24, 2.45) is 5.92 Å². The summed E-state index contributed by atoms with van der Waals surface area (Å²) in [6.45, 7) is 4.01. The second-order valence-corrected chi connectivity index (χ2v) is 5.11. The highest BCUT2D eigenvalue weighted by atomic mass is 35.5. The van der Waals surface area contributed by atoms with Crippen molar-refractivity contribution in [2.45, 2.75) is 32.6 Å². The highest BCUT2D eigenvalue weighted by Gasteiger charge is 2.21. The van der Waals surface area contributed by atoms with Gasteiger partial charge in [-0.15, -0.1) is 0 Å². The molecular weight excluding hydrogens is 239 g/mol. The molecule has 1 aliphatic rings. The summed E-state index contributed by atoms with van der Waals surface area (Å²) >= 11 is 5.70. The maximum atomic E-state index is 13.7. The largest absolute Gasteiger partial charge is 0.354 e. The lowest BCUT2D eigenvalue weighted by Gasteiger charge is -2.32. The molecule has 0 aliphatic carbocycles. The van der Waals surface area contributed by atoms with Crippen molar-refractivity contribution in [1.82, 2.24) is 4.98 Å². The Morgan fingerprint density at radius 2 is 2.18 bits per heavy atom. The van der Waals surface area contributed by atoms with Crippen LogP contribution in [0.4, 0.5) is 10.2 Å². The number of anilines is 1. The molecule has 0 N–H and O–H groups in total. The van der Waals surface area contributed by atoms with E-state index in [0.717, 1.165) is 31.8 Å². The predicted octanol–water partition coefficient (Wildman–Crippen LogP) is 3.89. The maximum Gasteiger partial charge on any atom is 0.167 e. The summed E-state index contributed by atoms with van der Waals surface area (Å²) in [7, 11) is 0. The van der Waals surface area contributed by atoms with Crippen LogP contribution >= 0.6 is 11.6 Å². The van der Waals surface area contributed by atoms with Crippen LogP contribution in [0.1, 0.15) is 32.6 Å². The van der Waals surface area contributed by atoms with Crippen LogP contribution in [0.15, 0.2) is 12.3 Å². The molecule has 2 rings (SSSR count). The molecule has 0 unspecified atom stereocenters. The van der Waals surface area contributed by atoms with E-state index in [0.29, 0.717) is 10.8 Å². The van der Waals surface area contributed by atoms with Crippen LogP contribution in [0.3, 0.4) is 0 Å². The van der Waals surface area contributed by atoms with Gasteiger partial charge in [0, 0.05) is 19.3 Å². The van der Waals surface area contributed by atoms with E-state index < -0.39 is 0 Å². The zero-order valence-corrected chi connectivity index (χ0v) is 10.9. The van der Waals surface area contributed by atoms with Gasteiger partial charge in [0.2, 0.25) is 0 Å². The molecular formula is C13H18ClFN2. The molecule has 2 heterocycles. The molecule has 0 atom stereocenters. The van der Waals surface area contributed by atoms with Gasteiger partial charge in [-0.05, 0) is 24.8 Å². The van der Waals surface area contributed by atoms with Crippen LogP contribution in [-0.2, 0) is 0 Å². The second-order valence-electron chi connectivity index (χ2n) is 4.68. The molecule has 0 radical (unpaired) electrons. The molecule has 0 aromatic carbocycles. The molecule has 1 aliphatic heterocycles. The van der Waals surface area contributed by atoms with E-state index in [1.807, 2.05) is 4.90 Å². The minimum Gasteiger partial charge on any atom is -0.354 e. The van der Waals surface area contributed by atoms with Gasteiger partial charge in [-0.1, -0.05) is 31.4 Å². The number of piperidine rings is 1. The van der Waals surface area contributed by atoms with Crippen LogP contribution in [-0.4, -0.2) is 18.1 Å². The van der Waals surface area contributed by atoms with E-state index in [2.05, 4.69) is 11.9 Å². The fraction of sp³-hybridized carbons (Fsp3) is 0.615. The van der Waals surface area contributed by atoms with Crippen molar-refractivity contribution in [3.8, 4) is 0 Å². The summed E-state index contributed by atoms with van der Waals surface area (Å²) in [5.74, 6) is 0.933. The van der Waals surface area contributed by atoms with E-state index in [4.69, 9.17) is 11.6 Å². The van der Waals surface area contributed by atoms with Crippen LogP contribution in [0.5, 0.6) is 0 Å². The van der Waals surface area contributed by atoms with Gasteiger partial charge in [-0.25, -0.2) is 9.37 Å². The summed E-state index contributed by atoms with van der Waals surface area (Å²) in [6.07, 6.45) is 6.30. The first-order valence-electron chi connectivity index (χ1n) is 6.26. The number of pyridine rings is 1. The first-order valence-corrected chi connectivity index (χ1v) is 6.64. The molecule has 2 nitrogen and oxygen atoms in total. The summed E-state index contributed by atoms with van der Waals surface area (Å²) in [6, 6.07) is 1.34. The molecule has 1 aromatic heterocycles. The van der Waals surface area contributed by atoms with Crippen molar-refractivity contribution in [1.29, 1.82) is 0 Å². The number of rotatable bonds is 3. The number of aromatic nitrogens is 1. The van der Waals surface area contributed by atoms with E-state index in [9.17, 15) is 4.39 Å². The molecule has 0 spiro atoms. The highest BCUT2D eigenvalue weighted by molar-refractivity contribution is 6.30. The Morgan fingerprint density at radius 1 is 1.47 bits per heavy atom. The Kier molecular flexibility index (Phi) is 4.21. The van der Waals surface area contributed by atoms with Crippen molar-refractivity contribution >= 4 is 17.4 Å². The van der Waals surface area contributed by atoms with Gasteiger partial charge >= 0.3 is 0 Å². The van der Waals surface area contributed by atoms with E-state index in [1.165, 1.54) is 25.1 Å². The minimum absolute atomic E-state index is 0.313. The standard InChI is InChI=1S/C13H18ClFN2/c1-2-3-10-4-6-17(7-5-10)13-12(15)8-11(14)9-16-13/h8-10H,2-7H2,1H3. The Balaban J connectivity index is 2.00. The normalized spacial score (nSPS) is 17.5. The molecule has 1 aromatic rings. The van der Waals surface area contributed by atoms with E-state index in [-0.39, 0.29) is 5.82 Å². The molecule has 94 valence electrons. The summed E-state index contributed by atoms with van der Waals surface area (Å²) in [4.78, 5) is 6.12. The molecule has 0 amide bonds. The van der Waals surface area contributed by atoms with Crippen LogP contribution in [0.2, 0.25) is 5.02 Å². The topological polar surface area (TPSA) is 16.1 Å². The molecule has 0 bridgehead atoms. The van der Waals surface area contributed by atoms with Gasteiger partial charge in [-0.3, -0.25) is 0 Å². The van der Waals surface area contributed by atoms with Crippen molar-refractivity contribution in [3.05, 3.63) is 23.1 Å². The molecule has 4 heteroatoms. The average Bonchev–Trinajstić information content (AvgIpc) is 2.31.